The van der Waals surface area contributed by atoms with Gasteiger partial charge in [0.2, 0.25) is 0 Å². The SMILES string of the molecule is CC(C)(C)c1ccccc1OCC(=O)N1CCN(CCO)CC1. The van der Waals surface area contributed by atoms with Crippen molar-refractivity contribution in [3.8, 4) is 5.75 Å². The second-order valence-electron chi connectivity index (χ2n) is 6.98. The third kappa shape index (κ3) is 4.94. The fourth-order valence-corrected chi connectivity index (χ4v) is 2.81. The van der Waals surface area contributed by atoms with E-state index in [0.717, 1.165) is 24.4 Å². The van der Waals surface area contributed by atoms with E-state index in [1.54, 1.807) is 0 Å². The zero-order chi connectivity index (χ0) is 16.9. The Labute approximate surface area is 138 Å². The van der Waals surface area contributed by atoms with Gasteiger partial charge < -0.3 is 14.7 Å². The van der Waals surface area contributed by atoms with E-state index < -0.39 is 0 Å². The molecule has 1 amide bonds. The summed E-state index contributed by atoms with van der Waals surface area (Å²) in [6.45, 7) is 10.3. The van der Waals surface area contributed by atoms with Crippen molar-refractivity contribution in [1.82, 2.24) is 9.80 Å². The van der Waals surface area contributed by atoms with Crippen molar-refractivity contribution in [3.63, 3.8) is 0 Å². The molecule has 0 atom stereocenters. The van der Waals surface area contributed by atoms with Crippen molar-refractivity contribution in [2.45, 2.75) is 26.2 Å². The summed E-state index contributed by atoms with van der Waals surface area (Å²) in [5.41, 5.74) is 1.09. The highest BCUT2D eigenvalue weighted by molar-refractivity contribution is 5.78. The Balaban J connectivity index is 1.88. The van der Waals surface area contributed by atoms with E-state index in [2.05, 4.69) is 25.7 Å². The van der Waals surface area contributed by atoms with Crippen LogP contribution in [0.2, 0.25) is 0 Å². The molecule has 5 nitrogen and oxygen atoms in total. The van der Waals surface area contributed by atoms with Gasteiger partial charge in [-0.2, -0.15) is 0 Å². The molecule has 0 aromatic heterocycles. The number of hydrogen-bond donors (Lipinski definition) is 1. The minimum absolute atomic E-state index is 0.0183. The van der Waals surface area contributed by atoms with Gasteiger partial charge in [-0.05, 0) is 17.0 Å². The first kappa shape index (κ1) is 17.8. The van der Waals surface area contributed by atoms with Gasteiger partial charge in [0.15, 0.2) is 6.61 Å². The quantitative estimate of drug-likeness (QED) is 0.893. The molecule has 1 heterocycles. The van der Waals surface area contributed by atoms with Gasteiger partial charge in [-0.15, -0.1) is 0 Å². The maximum absolute atomic E-state index is 12.3. The maximum Gasteiger partial charge on any atom is 0.260 e. The first-order valence-electron chi connectivity index (χ1n) is 8.25. The zero-order valence-corrected chi connectivity index (χ0v) is 14.4. The normalized spacial score (nSPS) is 16.4. The van der Waals surface area contributed by atoms with Gasteiger partial charge in [-0.1, -0.05) is 39.0 Å². The highest BCUT2D eigenvalue weighted by Gasteiger charge is 2.22. The van der Waals surface area contributed by atoms with Gasteiger partial charge in [-0.3, -0.25) is 9.69 Å². The molecule has 1 aromatic carbocycles. The fourth-order valence-electron chi connectivity index (χ4n) is 2.81. The van der Waals surface area contributed by atoms with Crippen LogP contribution in [0.4, 0.5) is 0 Å². The lowest BCUT2D eigenvalue weighted by molar-refractivity contribution is -0.135. The maximum atomic E-state index is 12.3. The molecule has 0 bridgehead atoms. The molecular formula is C18H28N2O3. The summed E-state index contributed by atoms with van der Waals surface area (Å²) in [4.78, 5) is 16.3. The molecular weight excluding hydrogens is 292 g/mol. The van der Waals surface area contributed by atoms with Crippen LogP contribution < -0.4 is 4.74 Å². The minimum atomic E-state index is -0.0183. The predicted octanol–water partition coefficient (Wildman–Crippen LogP) is 1.50. The van der Waals surface area contributed by atoms with Crippen LogP contribution in [0.3, 0.4) is 0 Å². The molecule has 1 saturated heterocycles. The molecule has 2 rings (SSSR count). The molecule has 1 aliphatic heterocycles. The lowest BCUT2D eigenvalue weighted by Gasteiger charge is -2.34. The standard InChI is InChI=1S/C18H28N2O3/c1-18(2,3)15-6-4-5-7-16(15)23-14-17(22)20-10-8-19(9-11-20)12-13-21/h4-7,21H,8-14H2,1-3H3. The number of carbonyl (C=O) groups excluding carboxylic acids is 1. The Hall–Kier alpha value is -1.59. The van der Waals surface area contributed by atoms with Crippen LogP contribution in [0.5, 0.6) is 5.75 Å². The average molecular weight is 320 g/mol. The summed E-state index contributed by atoms with van der Waals surface area (Å²) in [6, 6.07) is 7.90. The topological polar surface area (TPSA) is 53.0 Å². The smallest absolute Gasteiger partial charge is 0.260 e. The van der Waals surface area contributed by atoms with Crippen molar-refractivity contribution in [2.75, 3.05) is 45.9 Å². The molecule has 23 heavy (non-hydrogen) atoms. The van der Waals surface area contributed by atoms with E-state index in [9.17, 15) is 4.79 Å². The Morgan fingerprint density at radius 1 is 1.17 bits per heavy atom. The highest BCUT2D eigenvalue weighted by atomic mass is 16.5. The van der Waals surface area contributed by atoms with Crippen LogP contribution in [0.25, 0.3) is 0 Å². The summed E-state index contributed by atoms with van der Waals surface area (Å²) in [6.07, 6.45) is 0. The Bertz CT molecular complexity index is 517. The lowest BCUT2D eigenvalue weighted by Crippen LogP contribution is -2.50. The van der Waals surface area contributed by atoms with E-state index in [4.69, 9.17) is 9.84 Å². The van der Waals surface area contributed by atoms with E-state index >= 15 is 0 Å². The van der Waals surface area contributed by atoms with Crippen molar-refractivity contribution in [3.05, 3.63) is 29.8 Å². The molecule has 0 radical (unpaired) electrons. The summed E-state index contributed by atoms with van der Waals surface area (Å²) in [7, 11) is 0. The van der Waals surface area contributed by atoms with Gasteiger partial charge in [0.25, 0.3) is 5.91 Å². The number of ether oxygens (including phenoxy) is 1. The molecule has 5 heteroatoms. The number of rotatable bonds is 5. The minimum Gasteiger partial charge on any atom is -0.483 e. The first-order chi connectivity index (χ1) is 10.9. The van der Waals surface area contributed by atoms with Crippen molar-refractivity contribution < 1.29 is 14.6 Å². The summed E-state index contributed by atoms with van der Waals surface area (Å²) in [5, 5.41) is 8.95. The summed E-state index contributed by atoms with van der Waals surface area (Å²) >= 11 is 0. The predicted molar refractivity (Wildman–Crippen MR) is 90.7 cm³/mol. The molecule has 1 aromatic rings. The molecule has 1 N–H and O–H groups in total. The molecule has 0 aliphatic carbocycles. The fraction of sp³-hybridized carbons (Fsp3) is 0.611. The number of benzene rings is 1. The van der Waals surface area contributed by atoms with Gasteiger partial charge in [0.1, 0.15) is 5.75 Å². The van der Waals surface area contributed by atoms with E-state index in [0.29, 0.717) is 19.6 Å². The van der Waals surface area contributed by atoms with Crippen LogP contribution in [0.15, 0.2) is 24.3 Å². The number of amides is 1. The van der Waals surface area contributed by atoms with E-state index in [1.807, 2.05) is 29.2 Å². The Morgan fingerprint density at radius 3 is 2.43 bits per heavy atom. The second-order valence-corrected chi connectivity index (χ2v) is 6.98. The molecule has 0 unspecified atom stereocenters. The van der Waals surface area contributed by atoms with E-state index in [1.165, 1.54) is 0 Å². The van der Waals surface area contributed by atoms with Crippen molar-refractivity contribution in [1.29, 1.82) is 0 Å². The van der Waals surface area contributed by atoms with Crippen molar-refractivity contribution >= 4 is 5.91 Å². The van der Waals surface area contributed by atoms with Gasteiger partial charge in [-0.25, -0.2) is 0 Å². The largest absolute Gasteiger partial charge is 0.483 e. The van der Waals surface area contributed by atoms with E-state index in [-0.39, 0.29) is 24.5 Å². The molecule has 0 saturated carbocycles. The second kappa shape index (κ2) is 7.79. The van der Waals surface area contributed by atoms with Crippen LogP contribution >= 0.6 is 0 Å². The third-order valence-electron chi connectivity index (χ3n) is 4.19. The number of aliphatic hydroxyl groups excluding tert-OH is 1. The third-order valence-corrected chi connectivity index (χ3v) is 4.19. The number of piperazine rings is 1. The number of hydrogen-bond acceptors (Lipinski definition) is 4. The summed E-state index contributed by atoms with van der Waals surface area (Å²) in [5.74, 6) is 0.810. The van der Waals surface area contributed by atoms with Gasteiger partial charge >= 0.3 is 0 Å². The average Bonchev–Trinajstić information content (AvgIpc) is 2.53. The van der Waals surface area contributed by atoms with Crippen LogP contribution in [0.1, 0.15) is 26.3 Å². The van der Waals surface area contributed by atoms with Crippen LogP contribution in [-0.4, -0.2) is 66.8 Å². The Morgan fingerprint density at radius 2 is 1.83 bits per heavy atom. The molecule has 1 aliphatic rings. The van der Waals surface area contributed by atoms with Crippen LogP contribution in [0, 0.1) is 0 Å². The molecule has 128 valence electrons. The Kier molecular flexibility index (Phi) is 6.02. The number of aliphatic hydroxyl groups is 1. The number of carbonyl (C=O) groups is 1. The monoisotopic (exact) mass is 320 g/mol. The molecule has 1 fully saturated rings. The highest BCUT2D eigenvalue weighted by Crippen LogP contribution is 2.30. The first-order valence-corrected chi connectivity index (χ1v) is 8.25. The number of β-amino-alcohol motifs (C(OH)–C–C–N with tert-alkyl or cyclic N) is 1. The number of nitrogens with zero attached hydrogens (tertiary/aromatic N) is 2. The zero-order valence-electron chi connectivity index (χ0n) is 14.4. The van der Waals surface area contributed by atoms with Crippen LogP contribution in [-0.2, 0) is 10.2 Å². The summed E-state index contributed by atoms with van der Waals surface area (Å²) < 4.78 is 5.81. The molecule has 0 spiro atoms. The number of para-hydroxylation sites is 1. The van der Waals surface area contributed by atoms with Gasteiger partial charge in [0, 0.05) is 32.7 Å². The van der Waals surface area contributed by atoms with Crippen molar-refractivity contribution in [2.24, 2.45) is 0 Å². The lowest BCUT2D eigenvalue weighted by atomic mass is 9.86. The van der Waals surface area contributed by atoms with Gasteiger partial charge in [0.05, 0.1) is 6.61 Å².